The summed E-state index contributed by atoms with van der Waals surface area (Å²) in [6, 6.07) is 23.5. The van der Waals surface area contributed by atoms with Crippen LogP contribution in [0.25, 0.3) is 28.2 Å². The van der Waals surface area contributed by atoms with Crippen molar-refractivity contribution < 1.29 is 66.8 Å². The Morgan fingerprint density at radius 3 is 2.26 bits per heavy atom. The van der Waals surface area contributed by atoms with Gasteiger partial charge < -0.3 is 10.9 Å². The molecule has 5 aromatic rings. The van der Waals surface area contributed by atoms with Crippen molar-refractivity contribution in [2.24, 2.45) is 0 Å². The van der Waals surface area contributed by atoms with Crippen molar-refractivity contribution in [2.75, 3.05) is 0 Å². The maximum absolute atomic E-state index is 14.1. The van der Waals surface area contributed by atoms with E-state index in [2.05, 4.69) is 30.9 Å². The van der Waals surface area contributed by atoms with Gasteiger partial charge in [0.25, 0.3) is 5.56 Å². The largest absolute Gasteiger partial charge is 1.00 e. The molecule has 1 unspecified atom stereocenters. The minimum absolute atomic E-state index is 0. The van der Waals surface area contributed by atoms with E-state index in [1.807, 2.05) is 79.7 Å². The first-order chi connectivity index (χ1) is 21.8. The number of benzene rings is 3. The topological polar surface area (TPSA) is 112 Å². The average Bonchev–Trinajstić information content (AvgIpc) is 3.46. The molecule has 3 aromatic carbocycles. The minimum atomic E-state index is -0.598. The average molecular weight is 647 g/mol. The van der Waals surface area contributed by atoms with Gasteiger partial charge in [-0.1, -0.05) is 67.0 Å². The molecule has 2 aromatic heterocycles. The van der Waals surface area contributed by atoms with Gasteiger partial charge in [0.05, 0.1) is 23.6 Å². The first-order valence-electron chi connectivity index (χ1n) is 15.6. The fourth-order valence-corrected chi connectivity index (χ4v) is 6.24. The molecular weight excluding hydrogens is 608 g/mol. The van der Waals surface area contributed by atoms with Gasteiger partial charge in [-0.05, 0) is 68.1 Å². The number of aromatic amines is 1. The SMILES string of the molecule is CCCc1nc(C)n(-c2ccc(OC3C[C@@H](C)O[C@@H](C)C3)cc2)c(=O)c1Cc1ccc(-c2ccccc2-c2noc(=O)[nH]2)cc1.[H-].[K+]. The number of nitrogens with zero attached hydrogens (tertiary/aromatic N) is 3. The number of aromatic nitrogens is 4. The number of aryl methyl sites for hydroxylation is 2. The smallest absolute Gasteiger partial charge is 1.00 e. The summed E-state index contributed by atoms with van der Waals surface area (Å²) < 4.78 is 18.5. The van der Waals surface area contributed by atoms with Gasteiger partial charge in [0, 0.05) is 30.4 Å². The van der Waals surface area contributed by atoms with Crippen LogP contribution >= 0.6 is 0 Å². The third kappa shape index (κ3) is 7.70. The van der Waals surface area contributed by atoms with Crippen LogP contribution in [0, 0.1) is 6.92 Å². The van der Waals surface area contributed by atoms with Crippen LogP contribution < -0.4 is 67.4 Å². The van der Waals surface area contributed by atoms with Crippen LogP contribution in [0.15, 0.2) is 86.9 Å². The Balaban J connectivity index is 0.00000250. The van der Waals surface area contributed by atoms with Crippen LogP contribution in [0.5, 0.6) is 5.75 Å². The van der Waals surface area contributed by atoms with Gasteiger partial charge >= 0.3 is 57.1 Å². The Morgan fingerprint density at radius 1 is 0.957 bits per heavy atom. The van der Waals surface area contributed by atoms with Crippen molar-refractivity contribution in [1.29, 1.82) is 0 Å². The second kappa shape index (κ2) is 15.2. The Labute approximate surface area is 312 Å². The quantitative estimate of drug-likeness (QED) is 0.244. The predicted molar refractivity (Wildman–Crippen MR) is 174 cm³/mol. The van der Waals surface area contributed by atoms with Crippen molar-refractivity contribution in [2.45, 2.75) is 78.1 Å². The summed E-state index contributed by atoms with van der Waals surface area (Å²) in [4.78, 5) is 33.2. The summed E-state index contributed by atoms with van der Waals surface area (Å²) in [5.41, 5.74) is 5.86. The fraction of sp³-hybridized carbons (Fsp3) is 0.333. The number of nitrogens with one attached hydrogen (secondary N) is 1. The molecule has 1 aliphatic rings. The molecule has 46 heavy (non-hydrogen) atoms. The van der Waals surface area contributed by atoms with E-state index >= 15 is 0 Å². The molecule has 1 saturated heterocycles. The number of H-pyrrole nitrogens is 1. The van der Waals surface area contributed by atoms with Crippen LogP contribution in [0.4, 0.5) is 0 Å². The van der Waals surface area contributed by atoms with E-state index in [0.29, 0.717) is 23.6 Å². The molecule has 0 spiro atoms. The van der Waals surface area contributed by atoms with E-state index in [-0.39, 0.29) is 76.7 Å². The maximum atomic E-state index is 14.1. The van der Waals surface area contributed by atoms with E-state index in [4.69, 9.17) is 19.0 Å². The number of hydrogen-bond donors (Lipinski definition) is 1. The predicted octanol–water partition coefficient (Wildman–Crippen LogP) is 3.55. The zero-order valence-corrected chi connectivity index (χ0v) is 30.2. The Hall–Kier alpha value is -3.12. The number of rotatable bonds is 9. The number of hydrogen-bond acceptors (Lipinski definition) is 7. The van der Waals surface area contributed by atoms with Gasteiger partial charge in [0.2, 0.25) is 0 Å². The van der Waals surface area contributed by atoms with E-state index < -0.39 is 5.76 Å². The molecule has 9 nitrogen and oxygen atoms in total. The van der Waals surface area contributed by atoms with Gasteiger partial charge in [0.1, 0.15) is 17.7 Å². The molecule has 0 aliphatic carbocycles. The standard InChI is InChI=1S/C36H38N4O5.K.H/c1-5-8-33-32(21-25-11-13-26(14-12-25)30-9-6-7-10-31(30)34-38-36(42)45-39-34)35(41)40(24(4)37-33)27-15-17-28(18-16-27)44-29-19-22(2)43-23(3)20-29;;/h6-7,9-18,22-23,29H,5,8,19-21H2,1-4H3,(H,38,39,42);;/q;+1;-1/t22-,23+,29?;;. The molecule has 1 aliphatic heterocycles. The molecule has 6 rings (SSSR count). The first kappa shape index (κ1) is 34.2. The maximum Gasteiger partial charge on any atom is 1.00 e. The van der Waals surface area contributed by atoms with Gasteiger partial charge in [-0.2, -0.15) is 0 Å². The summed E-state index contributed by atoms with van der Waals surface area (Å²) in [5, 5.41) is 3.86. The molecule has 0 bridgehead atoms. The van der Waals surface area contributed by atoms with Gasteiger partial charge in [-0.25, -0.2) is 9.78 Å². The normalized spacial score (nSPS) is 17.8. The van der Waals surface area contributed by atoms with Gasteiger partial charge in [-0.15, -0.1) is 0 Å². The fourth-order valence-electron chi connectivity index (χ4n) is 6.24. The zero-order valence-electron chi connectivity index (χ0n) is 28.1. The van der Waals surface area contributed by atoms with Crippen LogP contribution in [0.1, 0.15) is 64.1 Å². The zero-order chi connectivity index (χ0) is 31.5. The Bertz CT molecular complexity index is 1890. The molecule has 0 radical (unpaired) electrons. The van der Waals surface area contributed by atoms with Crippen LogP contribution in [0.2, 0.25) is 0 Å². The summed E-state index contributed by atoms with van der Waals surface area (Å²) in [5.74, 6) is 1.22. The van der Waals surface area contributed by atoms with Crippen molar-refractivity contribution in [3.63, 3.8) is 0 Å². The van der Waals surface area contributed by atoms with Crippen LogP contribution in [0.3, 0.4) is 0 Å². The van der Waals surface area contributed by atoms with E-state index in [1.165, 1.54) is 0 Å². The summed E-state index contributed by atoms with van der Waals surface area (Å²) >= 11 is 0. The van der Waals surface area contributed by atoms with Gasteiger partial charge in [0.15, 0.2) is 5.82 Å². The second-order valence-corrected chi connectivity index (χ2v) is 11.8. The third-order valence-corrected chi connectivity index (χ3v) is 8.24. The molecule has 1 N–H and O–H groups in total. The van der Waals surface area contributed by atoms with E-state index in [0.717, 1.165) is 65.1 Å². The molecule has 10 heteroatoms. The van der Waals surface area contributed by atoms with Crippen molar-refractivity contribution >= 4 is 0 Å². The van der Waals surface area contributed by atoms with E-state index in [1.54, 1.807) is 4.57 Å². The van der Waals surface area contributed by atoms with Crippen molar-refractivity contribution in [1.82, 2.24) is 19.7 Å². The molecule has 0 saturated carbocycles. The van der Waals surface area contributed by atoms with E-state index in [9.17, 15) is 9.59 Å². The van der Waals surface area contributed by atoms with Crippen molar-refractivity contribution in [3.8, 4) is 34.0 Å². The van der Waals surface area contributed by atoms with Crippen LogP contribution in [-0.4, -0.2) is 38.0 Å². The first-order valence-corrected chi connectivity index (χ1v) is 15.6. The molecule has 1 fully saturated rings. The monoisotopic (exact) mass is 646 g/mol. The second-order valence-electron chi connectivity index (χ2n) is 11.8. The molecule has 0 amide bonds. The number of ether oxygens (including phenoxy) is 2. The molecule has 3 atom stereocenters. The summed E-state index contributed by atoms with van der Waals surface area (Å²) in [6.07, 6.45) is 4.22. The molecular formula is C36H39KN4O5. The van der Waals surface area contributed by atoms with Crippen LogP contribution in [-0.2, 0) is 17.6 Å². The van der Waals surface area contributed by atoms with Crippen molar-refractivity contribution in [3.05, 3.63) is 116 Å². The Morgan fingerprint density at radius 2 is 1.63 bits per heavy atom. The minimum Gasteiger partial charge on any atom is -1.00 e. The molecule has 234 valence electrons. The Kier molecular flexibility index (Phi) is 11.3. The molecule has 3 heterocycles. The third-order valence-electron chi connectivity index (χ3n) is 8.24. The summed E-state index contributed by atoms with van der Waals surface area (Å²) in [6.45, 7) is 8.14. The van der Waals surface area contributed by atoms with Gasteiger partial charge in [-0.3, -0.25) is 18.9 Å². The summed E-state index contributed by atoms with van der Waals surface area (Å²) in [7, 11) is 0.